The summed E-state index contributed by atoms with van der Waals surface area (Å²) >= 11 is 0. The third-order valence-electron chi connectivity index (χ3n) is 2.26. The number of aromatic nitrogens is 1. The van der Waals surface area contributed by atoms with E-state index in [4.69, 9.17) is 22.5 Å². The van der Waals surface area contributed by atoms with Crippen molar-refractivity contribution >= 4 is 10.1 Å². The van der Waals surface area contributed by atoms with Gasteiger partial charge in [0.1, 0.15) is 5.76 Å². The van der Waals surface area contributed by atoms with Crippen molar-refractivity contribution in [1.29, 1.82) is 0 Å². The fourth-order valence-electron chi connectivity index (χ4n) is 1.47. The van der Waals surface area contributed by atoms with Crippen LogP contribution in [0, 0.1) is 6.92 Å². The summed E-state index contributed by atoms with van der Waals surface area (Å²) < 4.78 is 32.8. The average Bonchev–Trinajstić information content (AvgIpc) is 2.71. The normalized spacial score (nSPS) is 10.8. The van der Waals surface area contributed by atoms with Crippen LogP contribution in [0.15, 0.2) is 34.7 Å². The fourth-order valence-corrected chi connectivity index (χ4v) is 1.47. The average molecular weight is 298 g/mol. The number of oxazole rings is 1. The Morgan fingerprint density at radius 3 is 2.35 bits per heavy atom. The first-order chi connectivity index (χ1) is 9.31. The Kier molecular flexibility index (Phi) is 5.87. The standard InChI is InChI=1S/C12H13NO2.CH4O3S/c1-9-11(7-8-14)13-12(15-9)10-5-3-2-4-6-10;1-5(2,3)4/h2-6,14H,7-8H2,1H3;1H3,(H,2,3,4)/p-1. The second-order valence-corrected chi connectivity index (χ2v) is 5.47. The van der Waals surface area contributed by atoms with E-state index >= 15 is 0 Å². The quantitative estimate of drug-likeness (QED) is 0.858. The first kappa shape index (κ1) is 16.4. The Bertz CT molecular complexity index is 626. The molecule has 6 nitrogen and oxygen atoms in total. The predicted octanol–water partition coefficient (Wildman–Crippen LogP) is 1.35. The highest BCUT2D eigenvalue weighted by atomic mass is 32.2. The van der Waals surface area contributed by atoms with E-state index in [-0.39, 0.29) is 6.61 Å². The predicted molar refractivity (Wildman–Crippen MR) is 73.1 cm³/mol. The topological polar surface area (TPSA) is 103 Å². The summed E-state index contributed by atoms with van der Waals surface area (Å²) in [6.07, 6.45) is 1.15. The Hall–Kier alpha value is -1.70. The van der Waals surface area contributed by atoms with Gasteiger partial charge in [-0.3, -0.25) is 0 Å². The summed E-state index contributed by atoms with van der Waals surface area (Å²) in [5.41, 5.74) is 1.79. The van der Waals surface area contributed by atoms with Crippen molar-refractivity contribution in [3.8, 4) is 11.5 Å². The van der Waals surface area contributed by atoms with Crippen molar-refractivity contribution in [3.05, 3.63) is 41.8 Å². The molecule has 2 rings (SSSR count). The molecule has 1 aromatic heterocycles. The van der Waals surface area contributed by atoms with Crippen LogP contribution >= 0.6 is 0 Å². The van der Waals surface area contributed by atoms with Crippen molar-refractivity contribution in [2.75, 3.05) is 12.9 Å². The van der Waals surface area contributed by atoms with Gasteiger partial charge < -0.3 is 14.1 Å². The van der Waals surface area contributed by atoms with Gasteiger partial charge in [-0.05, 0) is 19.1 Å². The van der Waals surface area contributed by atoms with Crippen LogP contribution in [0.1, 0.15) is 11.5 Å². The van der Waals surface area contributed by atoms with Gasteiger partial charge in [0.2, 0.25) is 5.89 Å². The molecule has 0 aliphatic carbocycles. The highest BCUT2D eigenvalue weighted by molar-refractivity contribution is 7.84. The lowest BCUT2D eigenvalue weighted by Gasteiger charge is -1.92. The largest absolute Gasteiger partial charge is 0.748 e. The zero-order chi connectivity index (χ0) is 15.2. The fraction of sp³-hybridized carbons (Fsp3) is 0.308. The zero-order valence-corrected chi connectivity index (χ0v) is 12.1. The van der Waals surface area contributed by atoms with Crippen LogP contribution in [-0.2, 0) is 16.5 Å². The Labute approximate surface area is 117 Å². The second kappa shape index (κ2) is 7.18. The Balaban J connectivity index is 0.000000347. The number of nitrogens with zero attached hydrogens (tertiary/aromatic N) is 1. The molecular formula is C13H16NO5S-. The minimum Gasteiger partial charge on any atom is -0.748 e. The van der Waals surface area contributed by atoms with Crippen molar-refractivity contribution in [2.45, 2.75) is 13.3 Å². The maximum absolute atomic E-state index is 9.08. The van der Waals surface area contributed by atoms with E-state index in [1.807, 2.05) is 37.3 Å². The molecule has 0 spiro atoms. The smallest absolute Gasteiger partial charge is 0.226 e. The number of rotatable bonds is 3. The molecule has 0 amide bonds. The lowest BCUT2D eigenvalue weighted by Crippen LogP contribution is -1.92. The molecule has 0 radical (unpaired) electrons. The third-order valence-corrected chi connectivity index (χ3v) is 2.26. The number of benzene rings is 1. The number of aliphatic hydroxyl groups is 1. The van der Waals surface area contributed by atoms with E-state index in [1.165, 1.54) is 0 Å². The second-order valence-electron chi connectivity index (χ2n) is 4.07. The van der Waals surface area contributed by atoms with Gasteiger partial charge in [-0.2, -0.15) is 0 Å². The van der Waals surface area contributed by atoms with Crippen molar-refractivity contribution in [3.63, 3.8) is 0 Å². The molecule has 0 unspecified atom stereocenters. The van der Waals surface area contributed by atoms with Crippen LogP contribution in [-0.4, -0.2) is 35.9 Å². The number of hydrogen-bond acceptors (Lipinski definition) is 6. The summed E-state index contributed by atoms with van der Waals surface area (Å²) in [6, 6.07) is 9.75. The molecule has 0 bridgehead atoms. The van der Waals surface area contributed by atoms with Gasteiger partial charge in [0.15, 0.2) is 0 Å². The number of aliphatic hydroxyl groups excluding tert-OH is 1. The van der Waals surface area contributed by atoms with E-state index in [0.717, 1.165) is 17.0 Å². The van der Waals surface area contributed by atoms with Crippen LogP contribution in [0.5, 0.6) is 0 Å². The molecule has 1 N–H and O–H groups in total. The van der Waals surface area contributed by atoms with Gasteiger partial charge in [0.25, 0.3) is 0 Å². The van der Waals surface area contributed by atoms with Crippen molar-refractivity contribution < 1.29 is 22.5 Å². The van der Waals surface area contributed by atoms with Crippen LogP contribution in [0.3, 0.4) is 0 Å². The molecule has 0 aliphatic rings. The maximum Gasteiger partial charge on any atom is 0.226 e. The zero-order valence-electron chi connectivity index (χ0n) is 11.2. The molecule has 0 saturated heterocycles. The minimum atomic E-state index is -3.92. The molecule has 1 aromatic carbocycles. The first-order valence-corrected chi connectivity index (χ1v) is 7.66. The Morgan fingerprint density at radius 2 is 1.85 bits per heavy atom. The number of hydrogen-bond donors (Lipinski definition) is 1. The monoisotopic (exact) mass is 298 g/mol. The molecular weight excluding hydrogens is 282 g/mol. The molecule has 0 fully saturated rings. The SMILES string of the molecule is CS(=O)(=O)[O-].Cc1oc(-c2ccccc2)nc1CCO. The van der Waals surface area contributed by atoms with Gasteiger partial charge in [0, 0.05) is 24.8 Å². The van der Waals surface area contributed by atoms with E-state index in [9.17, 15) is 0 Å². The van der Waals surface area contributed by atoms with Gasteiger partial charge in [0.05, 0.1) is 15.8 Å². The summed E-state index contributed by atoms with van der Waals surface area (Å²) in [7, 11) is -3.92. The molecule has 110 valence electrons. The van der Waals surface area contributed by atoms with Crippen molar-refractivity contribution in [1.82, 2.24) is 4.98 Å². The molecule has 20 heavy (non-hydrogen) atoms. The van der Waals surface area contributed by atoms with Crippen molar-refractivity contribution in [2.24, 2.45) is 0 Å². The third kappa shape index (κ3) is 5.96. The lowest BCUT2D eigenvalue weighted by molar-refractivity contribution is 0.297. The first-order valence-electron chi connectivity index (χ1n) is 5.84. The highest BCUT2D eigenvalue weighted by Gasteiger charge is 2.09. The molecule has 2 aromatic rings. The van der Waals surface area contributed by atoms with Gasteiger partial charge in [-0.15, -0.1) is 0 Å². The summed E-state index contributed by atoms with van der Waals surface area (Å²) in [5.74, 6) is 1.40. The summed E-state index contributed by atoms with van der Waals surface area (Å²) in [5, 5.41) is 8.84. The van der Waals surface area contributed by atoms with E-state index in [1.54, 1.807) is 0 Å². The van der Waals surface area contributed by atoms with Gasteiger partial charge >= 0.3 is 0 Å². The highest BCUT2D eigenvalue weighted by Crippen LogP contribution is 2.21. The van der Waals surface area contributed by atoms with Gasteiger partial charge in [-0.25, -0.2) is 13.4 Å². The molecule has 7 heteroatoms. The van der Waals surface area contributed by atoms with Gasteiger partial charge in [-0.1, -0.05) is 18.2 Å². The lowest BCUT2D eigenvalue weighted by atomic mass is 10.2. The van der Waals surface area contributed by atoms with E-state index in [0.29, 0.717) is 18.6 Å². The Morgan fingerprint density at radius 1 is 1.30 bits per heavy atom. The van der Waals surface area contributed by atoms with E-state index < -0.39 is 10.1 Å². The molecule has 0 aliphatic heterocycles. The van der Waals surface area contributed by atoms with Crippen LogP contribution in [0.25, 0.3) is 11.5 Å². The van der Waals surface area contributed by atoms with Crippen LogP contribution in [0.2, 0.25) is 0 Å². The molecule has 0 atom stereocenters. The number of aryl methyl sites for hydroxylation is 1. The van der Waals surface area contributed by atoms with Crippen LogP contribution in [0.4, 0.5) is 0 Å². The summed E-state index contributed by atoms with van der Waals surface area (Å²) in [6.45, 7) is 1.96. The van der Waals surface area contributed by atoms with E-state index in [2.05, 4.69) is 4.98 Å². The maximum atomic E-state index is 9.08. The molecule has 0 saturated carbocycles. The summed E-state index contributed by atoms with van der Waals surface area (Å²) in [4.78, 5) is 4.34. The molecule has 1 heterocycles. The minimum absolute atomic E-state index is 0.0988. The van der Waals surface area contributed by atoms with Crippen LogP contribution < -0.4 is 0 Å².